The van der Waals surface area contributed by atoms with Crippen molar-refractivity contribution >= 4 is 29.1 Å². The molecule has 4 aromatic rings. The number of hydrogen-bond acceptors (Lipinski definition) is 7. The summed E-state index contributed by atoms with van der Waals surface area (Å²) in [6.07, 6.45) is -0.917. The topological polar surface area (TPSA) is 73.8 Å². The number of piperazine rings is 1. The van der Waals surface area contributed by atoms with Crippen LogP contribution in [-0.4, -0.2) is 60.7 Å². The van der Waals surface area contributed by atoms with Crippen LogP contribution >= 0.6 is 0 Å². The van der Waals surface area contributed by atoms with Gasteiger partial charge in [-0.3, -0.25) is 4.90 Å². The van der Waals surface area contributed by atoms with Crippen LogP contribution in [0.3, 0.4) is 0 Å². The third-order valence-electron chi connectivity index (χ3n) is 8.24. The zero-order chi connectivity index (χ0) is 31.7. The maximum atomic E-state index is 15.3. The van der Waals surface area contributed by atoms with Crippen LogP contribution in [0.2, 0.25) is 0 Å². The first-order valence-electron chi connectivity index (χ1n) is 14.3. The summed E-state index contributed by atoms with van der Waals surface area (Å²) in [5.74, 6) is -2.08. The lowest BCUT2D eigenvalue weighted by Crippen LogP contribution is -2.50. The van der Waals surface area contributed by atoms with Crippen molar-refractivity contribution in [3.8, 4) is 17.1 Å². The minimum absolute atomic E-state index is 0.0320. The molecule has 44 heavy (non-hydrogen) atoms. The summed E-state index contributed by atoms with van der Waals surface area (Å²) in [5.41, 5.74) is 5.33. The highest BCUT2D eigenvalue weighted by Gasteiger charge is 2.23. The van der Waals surface area contributed by atoms with Gasteiger partial charge in [0.25, 0.3) is 0 Å². The number of likely N-dealkylation sites (N-methyl/N-ethyl adjacent to an activating group) is 1. The van der Waals surface area contributed by atoms with E-state index < -0.39 is 17.7 Å². The Labute approximate surface area is 255 Å². The summed E-state index contributed by atoms with van der Waals surface area (Å²) in [7, 11) is 3.39. The molecule has 8 nitrogen and oxygen atoms in total. The van der Waals surface area contributed by atoms with Crippen molar-refractivity contribution in [1.82, 2.24) is 14.9 Å². The first-order chi connectivity index (χ1) is 20.9. The van der Waals surface area contributed by atoms with E-state index in [1.165, 1.54) is 19.2 Å². The molecule has 3 aromatic carbocycles. The fourth-order valence-corrected chi connectivity index (χ4v) is 5.14. The highest BCUT2D eigenvalue weighted by Crippen LogP contribution is 2.31. The molecule has 0 aliphatic carbocycles. The number of halogens is 3. The number of ether oxygens (including phenoxy) is 1. The molecule has 1 saturated heterocycles. The molecule has 1 N–H and O–H groups in total. The Bertz CT molecular complexity index is 1700. The van der Waals surface area contributed by atoms with E-state index in [-0.39, 0.29) is 23.3 Å². The van der Waals surface area contributed by atoms with Gasteiger partial charge in [0.1, 0.15) is 17.5 Å². The van der Waals surface area contributed by atoms with E-state index in [1.807, 2.05) is 37.8 Å². The van der Waals surface area contributed by atoms with Crippen LogP contribution in [-0.2, 0) is 0 Å². The summed E-state index contributed by atoms with van der Waals surface area (Å²) in [6, 6.07) is 13.3. The summed E-state index contributed by atoms with van der Waals surface area (Å²) in [5, 5.41) is 3.04. The number of carbonyl (C=O) groups is 1. The van der Waals surface area contributed by atoms with E-state index in [0.717, 1.165) is 52.4 Å². The van der Waals surface area contributed by atoms with Gasteiger partial charge < -0.3 is 19.9 Å². The molecule has 1 fully saturated rings. The number of hydrogen-bond donors (Lipinski definition) is 1. The molecule has 0 spiro atoms. The minimum Gasteiger partial charge on any atom is -0.391 e. The maximum absolute atomic E-state index is 15.3. The Hall–Kier alpha value is -4.64. The van der Waals surface area contributed by atoms with Crippen LogP contribution in [0.15, 0.2) is 54.6 Å². The number of aromatic nitrogens is 2. The molecular formula is C33H35F3N6O2. The molecule has 0 saturated carbocycles. The zero-order valence-corrected chi connectivity index (χ0v) is 25.6. The van der Waals surface area contributed by atoms with Gasteiger partial charge in [0.05, 0.1) is 17.1 Å². The second-order valence-corrected chi connectivity index (χ2v) is 11.2. The largest absolute Gasteiger partial charge is 0.420 e. The van der Waals surface area contributed by atoms with Crippen molar-refractivity contribution in [2.75, 3.05) is 48.8 Å². The highest BCUT2D eigenvalue weighted by molar-refractivity contribution is 5.88. The van der Waals surface area contributed by atoms with Crippen molar-refractivity contribution in [2.45, 2.75) is 33.7 Å². The van der Waals surface area contributed by atoms with Gasteiger partial charge in [-0.05, 0) is 81.8 Å². The van der Waals surface area contributed by atoms with Gasteiger partial charge in [-0.2, -0.15) is 4.98 Å². The Balaban J connectivity index is 1.46. The molecule has 0 bridgehead atoms. The minimum atomic E-state index is -0.917. The van der Waals surface area contributed by atoms with Crippen LogP contribution in [0.4, 0.5) is 41.0 Å². The summed E-state index contributed by atoms with van der Waals surface area (Å²) in [4.78, 5) is 27.3. The first kappa shape index (κ1) is 30.8. The Morgan fingerprint density at radius 2 is 1.68 bits per heavy atom. The number of aryl methyl sites for hydroxylation is 1. The molecule has 230 valence electrons. The van der Waals surface area contributed by atoms with Crippen molar-refractivity contribution in [3.63, 3.8) is 0 Å². The fourth-order valence-electron chi connectivity index (χ4n) is 5.14. The molecule has 11 heteroatoms. The molecule has 1 amide bonds. The van der Waals surface area contributed by atoms with Crippen molar-refractivity contribution in [3.05, 3.63) is 88.7 Å². The Kier molecular flexibility index (Phi) is 8.78. The molecule has 1 atom stereocenters. The van der Waals surface area contributed by atoms with Gasteiger partial charge in [0, 0.05) is 56.1 Å². The third kappa shape index (κ3) is 6.62. The lowest BCUT2D eigenvalue weighted by atomic mass is 9.97. The van der Waals surface area contributed by atoms with Crippen molar-refractivity contribution in [2.24, 2.45) is 0 Å². The average molecular weight is 605 g/mol. The molecule has 1 aromatic heterocycles. The third-order valence-corrected chi connectivity index (χ3v) is 8.24. The number of carbonyl (C=O) groups excluding carboxylic acids is 1. The molecule has 5 rings (SSSR count). The average Bonchev–Trinajstić information content (AvgIpc) is 2.96. The highest BCUT2D eigenvalue weighted by atomic mass is 19.1. The molecular weight excluding hydrogens is 569 g/mol. The monoisotopic (exact) mass is 604 g/mol. The van der Waals surface area contributed by atoms with E-state index in [4.69, 9.17) is 4.74 Å². The van der Waals surface area contributed by atoms with Crippen LogP contribution < -0.4 is 19.9 Å². The second-order valence-electron chi connectivity index (χ2n) is 11.2. The van der Waals surface area contributed by atoms with Crippen molar-refractivity contribution in [1.29, 1.82) is 0 Å². The lowest BCUT2D eigenvalue weighted by molar-refractivity contribution is 0.207. The van der Waals surface area contributed by atoms with Crippen molar-refractivity contribution < 1.29 is 22.7 Å². The maximum Gasteiger partial charge on any atom is 0.420 e. The standard InChI is InChI=1S/C33H35F3N6O2/c1-19-7-9-27(22(4)21(19)3)29-17-31(44-33(43)41(6)26-14-23(34)13-24(35)15-26)39-32(38-29)37-25-8-10-30(28(36)16-25)42-12-11-40(5)20(2)18-42/h7-10,13-17,20H,11-12,18H2,1-6H3,(H,37,38,39). The van der Waals surface area contributed by atoms with Crippen LogP contribution in [0, 0.1) is 38.2 Å². The Morgan fingerprint density at radius 3 is 2.36 bits per heavy atom. The number of anilines is 4. The second kappa shape index (κ2) is 12.5. The van der Waals surface area contributed by atoms with E-state index in [1.54, 1.807) is 12.1 Å². The molecule has 1 unspecified atom stereocenters. The molecule has 0 radical (unpaired) electrons. The normalized spacial score (nSPS) is 15.3. The van der Waals surface area contributed by atoms with Crippen LogP contribution in [0.25, 0.3) is 11.3 Å². The van der Waals surface area contributed by atoms with E-state index in [2.05, 4.69) is 34.2 Å². The van der Waals surface area contributed by atoms with Crippen LogP contribution in [0.1, 0.15) is 23.6 Å². The number of benzene rings is 3. The van der Waals surface area contributed by atoms with Gasteiger partial charge in [-0.25, -0.2) is 22.9 Å². The summed E-state index contributed by atoms with van der Waals surface area (Å²) >= 11 is 0. The van der Waals surface area contributed by atoms with E-state index >= 15 is 4.39 Å². The SMILES string of the molecule is Cc1ccc(-c2cc(OC(=O)N(C)c3cc(F)cc(F)c3)nc(Nc3ccc(N4CCN(C)C(C)C4)c(F)c3)n2)c(C)c1C. The number of rotatable bonds is 6. The Morgan fingerprint density at radius 1 is 0.955 bits per heavy atom. The quantitative estimate of drug-likeness (QED) is 0.254. The first-order valence-corrected chi connectivity index (χ1v) is 14.3. The molecule has 1 aliphatic heterocycles. The van der Waals surface area contributed by atoms with Gasteiger partial charge in [-0.1, -0.05) is 12.1 Å². The predicted octanol–water partition coefficient (Wildman–Crippen LogP) is 7.01. The molecule has 1 aliphatic rings. The van der Waals surface area contributed by atoms with Gasteiger partial charge in [0.15, 0.2) is 0 Å². The number of nitrogens with zero attached hydrogens (tertiary/aromatic N) is 5. The lowest BCUT2D eigenvalue weighted by Gasteiger charge is -2.39. The predicted molar refractivity (Wildman–Crippen MR) is 166 cm³/mol. The van der Waals surface area contributed by atoms with Gasteiger partial charge in [-0.15, -0.1) is 0 Å². The smallest absolute Gasteiger partial charge is 0.391 e. The zero-order valence-electron chi connectivity index (χ0n) is 25.6. The van der Waals surface area contributed by atoms with E-state index in [9.17, 15) is 13.6 Å². The van der Waals surface area contributed by atoms with E-state index in [0.29, 0.717) is 35.7 Å². The fraction of sp³-hybridized carbons (Fsp3) is 0.303. The number of nitrogens with one attached hydrogen (secondary N) is 1. The molecule has 2 heterocycles. The summed E-state index contributed by atoms with van der Waals surface area (Å²) in [6.45, 7) is 10.4. The summed E-state index contributed by atoms with van der Waals surface area (Å²) < 4.78 is 48.5. The van der Waals surface area contributed by atoms with Crippen LogP contribution in [0.5, 0.6) is 5.88 Å². The number of amides is 1. The van der Waals surface area contributed by atoms with Gasteiger partial charge in [0.2, 0.25) is 11.8 Å². The van der Waals surface area contributed by atoms with Gasteiger partial charge >= 0.3 is 6.09 Å².